The number of alkyl halides is 3. The van der Waals surface area contributed by atoms with Crippen LogP contribution in [0.1, 0.15) is 11.1 Å². The number of nitrogens with two attached hydrogens (primary N) is 1. The summed E-state index contributed by atoms with van der Waals surface area (Å²) in [6.45, 7) is 1.63. The molecule has 1 aromatic heterocycles. The van der Waals surface area contributed by atoms with E-state index >= 15 is 0 Å². The first kappa shape index (κ1) is 14.1. The molecule has 0 spiro atoms. The molecule has 0 aliphatic rings. The first-order valence-corrected chi connectivity index (χ1v) is 5.54. The van der Waals surface area contributed by atoms with Gasteiger partial charge in [0.25, 0.3) is 0 Å². The Balaban J connectivity index is 2.39. The van der Waals surface area contributed by atoms with Gasteiger partial charge in [0.2, 0.25) is 5.88 Å². The van der Waals surface area contributed by atoms with Crippen LogP contribution in [0.5, 0.6) is 11.6 Å². The lowest BCUT2D eigenvalue weighted by atomic mass is 10.2. The van der Waals surface area contributed by atoms with E-state index in [0.717, 1.165) is 6.07 Å². The molecule has 0 bridgehead atoms. The Morgan fingerprint density at radius 1 is 1.15 bits per heavy atom. The summed E-state index contributed by atoms with van der Waals surface area (Å²) in [6.07, 6.45) is -4.56. The van der Waals surface area contributed by atoms with Crippen molar-refractivity contribution in [3.05, 3.63) is 47.3 Å². The number of aryl methyl sites for hydroxylation is 1. The Morgan fingerprint density at radius 3 is 2.50 bits per heavy atom. The second kappa shape index (κ2) is 4.99. The highest BCUT2D eigenvalue weighted by molar-refractivity contribution is 5.41. The summed E-state index contributed by atoms with van der Waals surface area (Å²) in [7, 11) is 0. The van der Waals surface area contributed by atoms with Gasteiger partial charge in [0, 0.05) is 12.1 Å². The highest BCUT2D eigenvalue weighted by Crippen LogP contribution is 2.33. The second-order valence-electron chi connectivity index (χ2n) is 4.13. The average Bonchev–Trinajstić information content (AvgIpc) is 2.32. The second-order valence-corrected chi connectivity index (χ2v) is 4.13. The lowest BCUT2D eigenvalue weighted by Crippen LogP contribution is -2.07. The smallest absolute Gasteiger partial charge is 0.416 e. The quantitative estimate of drug-likeness (QED) is 0.851. The molecule has 0 fully saturated rings. The summed E-state index contributed by atoms with van der Waals surface area (Å²) in [6, 6.07) is 5.14. The van der Waals surface area contributed by atoms with Gasteiger partial charge in [-0.05, 0) is 24.6 Å². The number of anilines is 1. The number of halogens is 4. The first-order chi connectivity index (χ1) is 9.25. The van der Waals surface area contributed by atoms with Crippen molar-refractivity contribution < 1.29 is 22.3 Å². The van der Waals surface area contributed by atoms with E-state index in [9.17, 15) is 17.6 Å². The zero-order chi connectivity index (χ0) is 14.9. The van der Waals surface area contributed by atoms with Crippen LogP contribution in [0.3, 0.4) is 0 Å². The van der Waals surface area contributed by atoms with E-state index in [4.69, 9.17) is 10.5 Å². The Kier molecular flexibility index (Phi) is 3.52. The van der Waals surface area contributed by atoms with Crippen molar-refractivity contribution in [2.24, 2.45) is 0 Å². The topological polar surface area (TPSA) is 48.1 Å². The van der Waals surface area contributed by atoms with E-state index in [2.05, 4.69) is 4.98 Å². The van der Waals surface area contributed by atoms with Crippen LogP contribution in [0, 0.1) is 12.7 Å². The number of ether oxygens (including phenoxy) is 1. The maximum atomic E-state index is 13.1. The lowest BCUT2D eigenvalue weighted by Gasteiger charge is -2.11. The number of benzene rings is 1. The minimum absolute atomic E-state index is 0.0798. The lowest BCUT2D eigenvalue weighted by molar-refractivity contribution is -0.137. The fourth-order valence-corrected chi connectivity index (χ4v) is 1.54. The van der Waals surface area contributed by atoms with E-state index in [1.54, 1.807) is 6.92 Å². The van der Waals surface area contributed by atoms with E-state index in [0.29, 0.717) is 17.7 Å². The summed E-state index contributed by atoms with van der Waals surface area (Å²) >= 11 is 0. The molecule has 0 unspecified atom stereocenters. The minimum atomic E-state index is -4.56. The molecule has 0 aliphatic carbocycles. The summed E-state index contributed by atoms with van der Waals surface area (Å²) in [5.41, 5.74) is 4.89. The van der Waals surface area contributed by atoms with Gasteiger partial charge in [-0.3, -0.25) is 0 Å². The number of nitrogen functional groups attached to an aromatic ring is 1. The molecular formula is C13H10F4N2O. The van der Waals surface area contributed by atoms with Gasteiger partial charge in [-0.2, -0.15) is 18.2 Å². The Hall–Kier alpha value is -2.31. The van der Waals surface area contributed by atoms with E-state index < -0.39 is 17.6 Å². The number of aromatic nitrogens is 1. The van der Waals surface area contributed by atoms with Crippen LogP contribution in [0.4, 0.5) is 23.4 Å². The molecule has 2 N–H and O–H groups in total. The molecule has 0 atom stereocenters. The van der Waals surface area contributed by atoms with Crippen LogP contribution < -0.4 is 10.5 Å². The van der Waals surface area contributed by atoms with Crippen LogP contribution in [0.25, 0.3) is 0 Å². The number of pyridine rings is 1. The highest BCUT2D eigenvalue weighted by atomic mass is 19.4. The van der Waals surface area contributed by atoms with Gasteiger partial charge in [-0.25, -0.2) is 4.39 Å². The summed E-state index contributed by atoms with van der Waals surface area (Å²) in [5.74, 6) is -1.16. The van der Waals surface area contributed by atoms with Crippen molar-refractivity contribution in [3.63, 3.8) is 0 Å². The molecule has 2 aromatic rings. The minimum Gasteiger partial charge on any atom is -0.439 e. The van der Waals surface area contributed by atoms with Crippen molar-refractivity contribution in [3.8, 4) is 11.6 Å². The molecule has 0 saturated carbocycles. The van der Waals surface area contributed by atoms with Crippen molar-refractivity contribution in [1.82, 2.24) is 4.98 Å². The molecule has 1 aromatic carbocycles. The van der Waals surface area contributed by atoms with Gasteiger partial charge < -0.3 is 10.5 Å². The van der Waals surface area contributed by atoms with Crippen LogP contribution in [0.2, 0.25) is 0 Å². The van der Waals surface area contributed by atoms with E-state index in [1.807, 2.05) is 0 Å². The third-order valence-corrected chi connectivity index (χ3v) is 2.51. The molecule has 2 rings (SSSR count). The van der Waals surface area contributed by atoms with Gasteiger partial charge in [0.05, 0.1) is 5.56 Å². The van der Waals surface area contributed by atoms with Gasteiger partial charge >= 0.3 is 6.18 Å². The van der Waals surface area contributed by atoms with Crippen molar-refractivity contribution in [1.29, 1.82) is 0 Å². The third-order valence-electron chi connectivity index (χ3n) is 2.51. The van der Waals surface area contributed by atoms with Crippen molar-refractivity contribution in [2.45, 2.75) is 13.1 Å². The van der Waals surface area contributed by atoms with E-state index in [-0.39, 0.29) is 17.4 Å². The predicted molar refractivity (Wildman–Crippen MR) is 64.9 cm³/mol. The molecule has 0 saturated heterocycles. The Labute approximate surface area is 112 Å². The average molecular weight is 286 g/mol. The number of nitrogens with zero attached hydrogens (tertiary/aromatic N) is 1. The number of hydrogen-bond donors (Lipinski definition) is 1. The first-order valence-electron chi connectivity index (χ1n) is 5.54. The fraction of sp³-hybridized carbons (Fsp3) is 0.154. The molecule has 1 heterocycles. The summed E-state index contributed by atoms with van der Waals surface area (Å²) in [5, 5.41) is 0. The molecule has 20 heavy (non-hydrogen) atoms. The molecule has 0 amide bonds. The summed E-state index contributed by atoms with van der Waals surface area (Å²) in [4.78, 5) is 3.65. The summed E-state index contributed by atoms with van der Waals surface area (Å²) < 4.78 is 56.2. The SMILES string of the molecule is Cc1ccc(F)cc1Oc1cc(C(F)(F)F)cc(N)n1. The van der Waals surface area contributed by atoms with Crippen LogP contribution >= 0.6 is 0 Å². The van der Waals surface area contributed by atoms with Crippen LogP contribution in [-0.2, 0) is 6.18 Å². The van der Waals surface area contributed by atoms with Crippen molar-refractivity contribution >= 4 is 5.82 Å². The Bertz CT molecular complexity index is 641. The highest BCUT2D eigenvalue weighted by Gasteiger charge is 2.31. The molecule has 0 radical (unpaired) electrons. The number of rotatable bonds is 2. The number of hydrogen-bond acceptors (Lipinski definition) is 3. The largest absolute Gasteiger partial charge is 0.439 e. The zero-order valence-electron chi connectivity index (χ0n) is 10.3. The monoisotopic (exact) mass is 286 g/mol. The van der Waals surface area contributed by atoms with Gasteiger partial charge in [0.15, 0.2) is 0 Å². The Morgan fingerprint density at radius 2 is 1.85 bits per heavy atom. The van der Waals surface area contributed by atoms with Crippen molar-refractivity contribution in [2.75, 3.05) is 5.73 Å². The predicted octanol–water partition coefficient (Wildman–Crippen LogP) is 3.92. The normalized spacial score (nSPS) is 11.4. The molecule has 3 nitrogen and oxygen atoms in total. The maximum absolute atomic E-state index is 13.1. The van der Waals surface area contributed by atoms with Gasteiger partial charge in [-0.15, -0.1) is 0 Å². The van der Waals surface area contributed by atoms with Crippen LogP contribution in [-0.4, -0.2) is 4.98 Å². The van der Waals surface area contributed by atoms with E-state index in [1.165, 1.54) is 12.1 Å². The fourth-order valence-electron chi connectivity index (χ4n) is 1.54. The maximum Gasteiger partial charge on any atom is 0.416 e. The van der Waals surface area contributed by atoms with Gasteiger partial charge in [-0.1, -0.05) is 6.07 Å². The van der Waals surface area contributed by atoms with Crippen LogP contribution in [0.15, 0.2) is 30.3 Å². The third kappa shape index (κ3) is 3.17. The molecule has 106 valence electrons. The zero-order valence-corrected chi connectivity index (χ0v) is 10.3. The molecule has 0 aliphatic heterocycles. The molecule has 7 heteroatoms. The van der Waals surface area contributed by atoms with Gasteiger partial charge in [0.1, 0.15) is 17.4 Å². The molecular weight excluding hydrogens is 276 g/mol. The standard InChI is InChI=1S/C13H10F4N2O/c1-7-2-3-9(14)6-10(7)20-12-5-8(13(15,16)17)4-11(18)19-12/h2-6H,1H3,(H2,18,19).